The van der Waals surface area contributed by atoms with Gasteiger partial charge in [-0.25, -0.2) is 0 Å². The highest BCUT2D eigenvalue weighted by molar-refractivity contribution is 5.75. The second-order valence-corrected chi connectivity index (χ2v) is 5.82. The summed E-state index contributed by atoms with van der Waals surface area (Å²) in [6.45, 7) is 6.07. The van der Waals surface area contributed by atoms with Crippen LogP contribution in [-0.2, 0) is 9.53 Å². The lowest BCUT2D eigenvalue weighted by Gasteiger charge is -2.21. The molecule has 1 saturated carbocycles. The Hall–Kier alpha value is -0.610. The van der Waals surface area contributed by atoms with Gasteiger partial charge < -0.3 is 15.4 Å². The molecule has 1 amide bonds. The second kappa shape index (κ2) is 6.36. The Morgan fingerprint density at radius 2 is 2.12 bits per heavy atom. The second-order valence-electron chi connectivity index (χ2n) is 5.82. The fourth-order valence-corrected chi connectivity index (χ4v) is 1.48. The van der Waals surface area contributed by atoms with Crippen LogP contribution in [0.4, 0.5) is 0 Å². The Morgan fingerprint density at radius 1 is 1.47 bits per heavy atom. The molecule has 1 aliphatic rings. The summed E-state index contributed by atoms with van der Waals surface area (Å²) in [6.07, 6.45) is 3.85. The average Bonchev–Trinajstić information content (AvgIpc) is 3.03. The van der Waals surface area contributed by atoms with Crippen molar-refractivity contribution in [1.82, 2.24) is 4.90 Å². The molecule has 17 heavy (non-hydrogen) atoms. The largest absolute Gasteiger partial charge is 0.379 e. The number of rotatable bonds is 8. The Kier molecular flexibility index (Phi) is 5.40. The van der Waals surface area contributed by atoms with E-state index in [9.17, 15) is 4.79 Å². The molecule has 1 fully saturated rings. The predicted molar refractivity (Wildman–Crippen MR) is 68.7 cm³/mol. The number of nitrogens with zero attached hydrogens (tertiary/aromatic N) is 1. The van der Waals surface area contributed by atoms with Crippen molar-refractivity contribution in [2.75, 3.05) is 26.8 Å². The molecule has 1 aliphatic carbocycles. The number of ether oxygens (including phenoxy) is 1. The monoisotopic (exact) mass is 242 g/mol. The van der Waals surface area contributed by atoms with E-state index in [4.69, 9.17) is 10.5 Å². The van der Waals surface area contributed by atoms with E-state index in [2.05, 4.69) is 0 Å². The van der Waals surface area contributed by atoms with Crippen LogP contribution in [-0.4, -0.2) is 43.2 Å². The highest BCUT2D eigenvalue weighted by atomic mass is 16.5. The summed E-state index contributed by atoms with van der Waals surface area (Å²) in [6, 6.07) is 0. The number of nitrogens with two attached hydrogens (primary N) is 1. The average molecular weight is 242 g/mol. The quantitative estimate of drug-likeness (QED) is 0.654. The molecule has 0 spiro atoms. The van der Waals surface area contributed by atoms with Gasteiger partial charge in [-0.2, -0.15) is 0 Å². The lowest BCUT2D eigenvalue weighted by molar-refractivity contribution is -0.130. The van der Waals surface area contributed by atoms with Crippen molar-refractivity contribution >= 4 is 5.91 Å². The number of amides is 1. The first kappa shape index (κ1) is 14.5. The van der Waals surface area contributed by atoms with Crippen LogP contribution in [0.25, 0.3) is 0 Å². The fourth-order valence-electron chi connectivity index (χ4n) is 1.48. The summed E-state index contributed by atoms with van der Waals surface area (Å²) in [5.41, 5.74) is 5.59. The lowest BCUT2D eigenvalue weighted by atomic mass is 10.00. The first-order valence-corrected chi connectivity index (χ1v) is 6.49. The third-order valence-corrected chi connectivity index (χ3v) is 3.03. The highest BCUT2D eigenvalue weighted by Crippen LogP contribution is 2.28. The molecular formula is C13H26N2O2. The van der Waals surface area contributed by atoms with Crippen molar-refractivity contribution in [2.24, 2.45) is 11.7 Å². The number of likely N-dealkylation sites (N-methyl/N-ethyl adjacent to an activating group) is 1. The van der Waals surface area contributed by atoms with Crippen molar-refractivity contribution in [3.63, 3.8) is 0 Å². The molecule has 0 heterocycles. The molecule has 0 saturated heterocycles. The van der Waals surface area contributed by atoms with Crippen LogP contribution in [0.2, 0.25) is 0 Å². The first-order valence-electron chi connectivity index (χ1n) is 6.49. The Bertz CT molecular complexity index is 244. The molecule has 100 valence electrons. The SMILES string of the molecule is CN(CCOCC1CC1)C(=O)CCC(C)(C)N. The van der Waals surface area contributed by atoms with Crippen molar-refractivity contribution in [2.45, 2.75) is 45.1 Å². The van der Waals surface area contributed by atoms with E-state index in [1.165, 1.54) is 12.8 Å². The van der Waals surface area contributed by atoms with Gasteiger partial charge in [-0.3, -0.25) is 4.79 Å². The van der Waals surface area contributed by atoms with Gasteiger partial charge in [0.1, 0.15) is 0 Å². The van der Waals surface area contributed by atoms with Gasteiger partial charge in [0.2, 0.25) is 5.91 Å². The summed E-state index contributed by atoms with van der Waals surface area (Å²) in [4.78, 5) is 13.5. The zero-order valence-electron chi connectivity index (χ0n) is 11.4. The maximum atomic E-state index is 11.7. The zero-order valence-corrected chi connectivity index (χ0v) is 11.4. The number of carbonyl (C=O) groups excluding carboxylic acids is 1. The molecule has 0 aromatic carbocycles. The highest BCUT2D eigenvalue weighted by Gasteiger charge is 2.21. The van der Waals surface area contributed by atoms with Crippen molar-refractivity contribution < 1.29 is 9.53 Å². The van der Waals surface area contributed by atoms with E-state index in [1.54, 1.807) is 4.90 Å². The minimum atomic E-state index is -0.265. The summed E-state index contributed by atoms with van der Waals surface area (Å²) in [5.74, 6) is 0.938. The molecule has 4 heteroatoms. The number of hydrogen-bond donors (Lipinski definition) is 1. The van der Waals surface area contributed by atoms with Gasteiger partial charge >= 0.3 is 0 Å². The van der Waals surface area contributed by atoms with Gasteiger partial charge in [-0.15, -0.1) is 0 Å². The third-order valence-electron chi connectivity index (χ3n) is 3.03. The smallest absolute Gasteiger partial charge is 0.222 e. The van der Waals surface area contributed by atoms with Crippen molar-refractivity contribution in [1.29, 1.82) is 0 Å². The molecule has 0 aromatic heterocycles. The summed E-state index contributed by atoms with van der Waals surface area (Å²) < 4.78 is 5.51. The van der Waals surface area contributed by atoms with Crippen molar-refractivity contribution in [3.05, 3.63) is 0 Å². The van der Waals surface area contributed by atoms with E-state index in [0.717, 1.165) is 18.9 Å². The first-order chi connectivity index (χ1) is 7.88. The van der Waals surface area contributed by atoms with Gasteiger partial charge in [0.05, 0.1) is 6.61 Å². The van der Waals surface area contributed by atoms with Gasteiger partial charge in [0, 0.05) is 32.2 Å². The molecule has 0 unspecified atom stereocenters. The van der Waals surface area contributed by atoms with Gasteiger partial charge in [0.15, 0.2) is 0 Å². The summed E-state index contributed by atoms with van der Waals surface area (Å²) >= 11 is 0. The van der Waals surface area contributed by atoms with Crippen LogP contribution in [0.15, 0.2) is 0 Å². The van der Waals surface area contributed by atoms with Crippen LogP contribution in [0.1, 0.15) is 39.5 Å². The summed E-state index contributed by atoms with van der Waals surface area (Å²) in [5, 5.41) is 0. The Labute approximate surface area is 104 Å². The van der Waals surface area contributed by atoms with Gasteiger partial charge in [-0.1, -0.05) is 0 Å². The maximum Gasteiger partial charge on any atom is 0.222 e. The molecule has 0 aromatic rings. The maximum absolute atomic E-state index is 11.7. The fraction of sp³-hybridized carbons (Fsp3) is 0.923. The topological polar surface area (TPSA) is 55.6 Å². The number of hydrogen-bond acceptors (Lipinski definition) is 3. The van der Waals surface area contributed by atoms with E-state index >= 15 is 0 Å². The molecule has 1 rings (SSSR count). The van der Waals surface area contributed by atoms with E-state index < -0.39 is 0 Å². The van der Waals surface area contributed by atoms with E-state index in [0.29, 0.717) is 19.6 Å². The van der Waals surface area contributed by atoms with Crippen LogP contribution in [0.3, 0.4) is 0 Å². The number of carbonyl (C=O) groups is 1. The van der Waals surface area contributed by atoms with Gasteiger partial charge in [0.25, 0.3) is 0 Å². The molecule has 0 atom stereocenters. The Morgan fingerprint density at radius 3 is 2.65 bits per heavy atom. The van der Waals surface area contributed by atoms with E-state index in [-0.39, 0.29) is 11.4 Å². The zero-order chi connectivity index (χ0) is 12.9. The van der Waals surface area contributed by atoms with Crippen molar-refractivity contribution in [3.8, 4) is 0 Å². The molecule has 2 N–H and O–H groups in total. The molecular weight excluding hydrogens is 216 g/mol. The molecule has 0 aliphatic heterocycles. The van der Waals surface area contributed by atoms with Crippen LogP contribution >= 0.6 is 0 Å². The lowest BCUT2D eigenvalue weighted by Crippen LogP contribution is -2.36. The standard InChI is InChI=1S/C13H26N2O2/c1-13(2,14)7-6-12(16)15(3)8-9-17-10-11-4-5-11/h11H,4-10,14H2,1-3H3. The molecule has 0 radical (unpaired) electrons. The normalized spacial score (nSPS) is 16.0. The van der Waals surface area contributed by atoms with Gasteiger partial charge in [-0.05, 0) is 39.0 Å². The molecule has 4 nitrogen and oxygen atoms in total. The minimum absolute atomic E-state index is 0.151. The van der Waals surface area contributed by atoms with Crippen LogP contribution < -0.4 is 5.73 Å². The predicted octanol–water partition coefficient (Wildman–Crippen LogP) is 1.39. The Balaban J connectivity index is 2.04. The van der Waals surface area contributed by atoms with Crippen LogP contribution in [0, 0.1) is 5.92 Å². The minimum Gasteiger partial charge on any atom is -0.379 e. The third kappa shape index (κ3) is 7.34. The van der Waals surface area contributed by atoms with Crippen LogP contribution in [0.5, 0.6) is 0 Å². The van der Waals surface area contributed by atoms with E-state index in [1.807, 2.05) is 20.9 Å². The summed E-state index contributed by atoms with van der Waals surface area (Å²) in [7, 11) is 1.83. The molecule has 0 bridgehead atoms.